The fraction of sp³-hybridized carbons (Fsp3) is 0.522. The number of halogens is 1. The standard InChI is InChI=1S/C11H6FN4.3C4H9.Sn/c12-10-2-1-3-11(15-10)16-9-4-5-13-6-8(9)7-14-16;3*1-3-4-2;/h1-4,6-7H;3*1,3-4H2,2H3;. The molecule has 3 aromatic heterocycles. The number of hydrogen-bond donors (Lipinski definition) is 0. The monoisotopic (exact) mass is 504 g/mol. The minimum absolute atomic E-state index is 0.484. The van der Waals surface area contributed by atoms with Crippen LogP contribution in [0.25, 0.3) is 16.7 Å². The molecule has 0 atom stereocenters. The van der Waals surface area contributed by atoms with Crippen molar-refractivity contribution in [1.29, 1.82) is 0 Å². The molecule has 0 N–H and O–H groups in total. The summed E-state index contributed by atoms with van der Waals surface area (Å²) in [5, 5.41) is 5.47. The Hall–Kier alpha value is -1.50. The van der Waals surface area contributed by atoms with Crippen molar-refractivity contribution >= 4 is 33.0 Å². The summed E-state index contributed by atoms with van der Waals surface area (Å²) >= 11 is -2.63. The molecule has 0 radical (unpaired) electrons. The van der Waals surface area contributed by atoms with Gasteiger partial charge < -0.3 is 0 Å². The third kappa shape index (κ3) is 5.16. The maximum atomic E-state index is 13.7. The van der Waals surface area contributed by atoms with Crippen molar-refractivity contribution in [3.05, 3.63) is 42.6 Å². The molecule has 3 aromatic rings. The van der Waals surface area contributed by atoms with E-state index in [-0.39, 0.29) is 0 Å². The Morgan fingerprint density at radius 2 is 1.59 bits per heavy atom. The zero-order chi connectivity index (χ0) is 20.7. The number of hydrogen-bond acceptors (Lipinski definition) is 3. The van der Waals surface area contributed by atoms with Crippen molar-refractivity contribution in [1.82, 2.24) is 19.7 Å². The summed E-state index contributed by atoms with van der Waals surface area (Å²) in [5.74, 6) is 0.0383. The molecule has 0 aromatic carbocycles. The first-order valence-electron chi connectivity index (χ1n) is 11.1. The van der Waals surface area contributed by atoms with E-state index in [0.29, 0.717) is 5.82 Å². The molecule has 156 valence electrons. The number of aromatic nitrogens is 4. The second-order valence-electron chi connectivity index (χ2n) is 8.09. The molecule has 0 bridgehead atoms. The van der Waals surface area contributed by atoms with Gasteiger partial charge in [0.1, 0.15) is 0 Å². The van der Waals surface area contributed by atoms with Crippen molar-refractivity contribution in [2.75, 3.05) is 0 Å². The van der Waals surface area contributed by atoms with Gasteiger partial charge in [0, 0.05) is 0 Å². The van der Waals surface area contributed by atoms with Crippen LogP contribution in [0.4, 0.5) is 4.39 Å². The van der Waals surface area contributed by atoms with Crippen molar-refractivity contribution in [2.24, 2.45) is 0 Å². The van der Waals surface area contributed by atoms with Crippen LogP contribution in [-0.2, 0) is 0 Å². The van der Waals surface area contributed by atoms with E-state index in [1.165, 1.54) is 61.6 Å². The van der Waals surface area contributed by atoms with Gasteiger partial charge in [0.15, 0.2) is 0 Å². The molecule has 6 heteroatoms. The Labute approximate surface area is 177 Å². The minimum atomic E-state index is -2.63. The summed E-state index contributed by atoms with van der Waals surface area (Å²) < 4.78 is 20.9. The average molecular weight is 503 g/mol. The average Bonchev–Trinajstić information content (AvgIpc) is 3.17. The Morgan fingerprint density at radius 3 is 2.17 bits per heavy atom. The molecule has 0 saturated carbocycles. The van der Waals surface area contributed by atoms with Crippen LogP contribution >= 0.6 is 0 Å². The SMILES string of the molecule is CCC[CH2][Sn]([CH2]CCC)([CH2]CCC)[c]1cc2c(cn1)cnn2-c1cccc(F)n1. The predicted molar refractivity (Wildman–Crippen MR) is 121 cm³/mol. The normalized spacial score (nSPS) is 12.0. The molecular formula is C23H33FN4Sn. The Bertz CT molecular complexity index is 902. The van der Waals surface area contributed by atoms with E-state index < -0.39 is 24.3 Å². The Kier molecular flexibility index (Phi) is 8.04. The van der Waals surface area contributed by atoms with Crippen LogP contribution in [0.1, 0.15) is 59.3 Å². The van der Waals surface area contributed by atoms with E-state index in [1.54, 1.807) is 23.0 Å². The van der Waals surface area contributed by atoms with Crippen LogP contribution in [0.2, 0.25) is 13.3 Å². The second kappa shape index (κ2) is 10.5. The van der Waals surface area contributed by atoms with Gasteiger partial charge in [0.05, 0.1) is 0 Å². The van der Waals surface area contributed by atoms with Crippen molar-refractivity contribution < 1.29 is 4.39 Å². The fourth-order valence-electron chi connectivity index (χ4n) is 4.21. The van der Waals surface area contributed by atoms with E-state index >= 15 is 0 Å². The zero-order valence-corrected chi connectivity index (χ0v) is 20.8. The molecule has 0 spiro atoms. The number of unbranched alkanes of at least 4 members (excludes halogenated alkanes) is 3. The van der Waals surface area contributed by atoms with E-state index in [2.05, 4.69) is 36.9 Å². The van der Waals surface area contributed by atoms with E-state index in [1.807, 2.05) is 6.20 Å². The topological polar surface area (TPSA) is 43.6 Å². The first-order valence-corrected chi connectivity index (χ1v) is 18.6. The molecule has 0 aliphatic heterocycles. The summed E-state index contributed by atoms with van der Waals surface area (Å²) in [5.41, 5.74) is 0.999. The number of nitrogens with zero attached hydrogens (tertiary/aromatic N) is 4. The molecule has 3 rings (SSSR count). The third-order valence-electron chi connectivity index (χ3n) is 5.94. The fourth-order valence-corrected chi connectivity index (χ4v) is 19.6. The molecule has 0 aliphatic rings. The summed E-state index contributed by atoms with van der Waals surface area (Å²) in [4.78, 5) is 9.05. The quantitative estimate of drug-likeness (QED) is 0.238. The molecular weight excluding hydrogens is 470 g/mol. The van der Waals surface area contributed by atoms with Gasteiger partial charge in [-0.15, -0.1) is 0 Å². The van der Waals surface area contributed by atoms with Crippen LogP contribution in [0.5, 0.6) is 0 Å². The molecule has 4 nitrogen and oxygen atoms in total. The van der Waals surface area contributed by atoms with Gasteiger partial charge in [0.2, 0.25) is 0 Å². The maximum absolute atomic E-state index is 13.7. The molecule has 29 heavy (non-hydrogen) atoms. The van der Waals surface area contributed by atoms with Gasteiger partial charge in [0.25, 0.3) is 0 Å². The van der Waals surface area contributed by atoms with Gasteiger partial charge >= 0.3 is 178 Å². The third-order valence-corrected chi connectivity index (χ3v) is 21.0. The number of pyridine rings is 2. The molecule has 0 unspecified atom stereocenters. The van der Waals surface area contributed by atoms with Crippen LogP contribution < -0.4 is 3.71 Å². The first kappa shape index (κ1) is 22.2. The van der Waals surface area contributed by atoms with Gasteiger partial charge in [-0.1, -0.05) is 0 Å². The Balaban J connectivity index is 2.09. The van der Waals surface area contributed by atoms with Crippen molar-refractivity contribution in [3.8, 4) is 5.82 Å². The molecule has 0 aliphatic carbocycles. The van der Waals surface area contributed by atoms with Crippen LogP contribution in [0, 0.1) is 5.95 Å². The van der Waals surface area contributed by atoms with Crippen molar-refractivity contribution in [3.63, 3.8) is 0 Å². The van der Waals surface area contributed by atoms with Crippen LogP contribution in [0.3, 0.4) is 0 Å². The summed E-state index contributed by atoms with van der Waals surface area (Å²) in [6.07, 6.45) is 11.4. The molecule has 0 saturated heterocycles. The van der Waals surface area contributed by atoms with Gasteiger partial charge in [-0.25, -0.2) is 0 Å². The second-order valence-corrected chi connectivity index (χ2v) is 21.1. The number of rotatable bonds is 11. The van der Waals surface area contributed by atoms with Crippen LogP contribution in [-0.4, -0.2) is 38.1 Å². The predicted octanol–water partition coefficient (Wildman–Crippen LogP) is 6.01. The van der Waals surface area contributed by atoms with Gasteiger partial charge in [-0.05, 0) is 0 Å². The summed E-state index contributed by atoms with van der Waals surface area (Å²) in [6.45, 7) is 6.87. The van der Waals surface area contributed by atoms with Crippen LogP contribution in [0.15, 0.2) is 36.7 Å². The summed E-state index contributed by atoms with van der Waals surface area (Å²) in [7, 11) is 0. The number of fused-ring (bicyclic) bond motifs is 1. The summed E-state index contributed by atoms with van der Waals surface area (Å²) in [6, 6.07) is 7.12. The van der Waals surface area contributed by atoms with E-state index in [9.17, 15) is 4.39 Å². The molecule has 0 amide bonds. The van der Waals surface area contributed by atoms with E-state index in [0.717, 1.165) is 10.9 Å². The van der Waals surface area contributed by atoms with Gasteiger partial charge in [-0.3, -0.25) is 0 Å². The first-order chi connectivity index (χ1) is 14.1. The van der Waals surface area contributed by atoms with Gasteiger partial charge in [-0.2, -0.15) is 0 Å². The van der Waals surface area contributed by atoms with Crippen molar-refractivity contribution in [2.45, 2.75) is 72.6 Å². The molecule has 0 fully saturated rings. The van der Waals surface area contributed by atoms with E-state index in [4.69, 9.17) is 4.98 Å². The molecule has 3 heterocycles. The zero-order valence-electron chi connectivity index (χ0n) is 18.0. The Morgan fingerprint density at radius 1 is 0.931 bits per heavy atom.